The molecular formula is CH4N2SZn. The molecule has 3 N–H and O–H groups in total. The Kier molecular flexibility index (Phi) is 92.5. The van der Waals surface area contributed by atoms with Gasteiger partial charge in [0.25, 0.3) is 0 Å². The zero-order valence-corrected chi connectivity index (χ0v) is 6.67. The molecule has 2 nitrogen and oxygen atoms in total. The summed E-state index contributed by atoms with van der Waals surface area (Å²) in [5.41, 5.74) is 0. The first-order valence-corrected chi connectivity index (χ1v) is 0.894. The quantitative estimate of drug-likeness (QED) is 0.294. The summed E-state index contributed by atoms with van der Waals surface area (Å²) in [5.74, 6) is 0. The molecule has 0 aliphatic rings. The van der Waals surface area contributed by atoms with Crippen LogP contribution < -0.4 is 6.15 Å². The molecule has 0 aliphatic carbocycles. The number of nitriles is 1. The number of hydrogen-bond acceptors (Lipinski definition) is 3. The van der Waals surface area contributed by atoms with Gasteiger partial charge < -0.3 is 6.15 Å². The molecular weight excluding hydrogens is 137 g/mol. The van der Waals surface area contributed by atoms with Gasteiger partial charge in [-0.1, -0.05) is 12.6 Å². The number of thiol groups is 1. The Morgan fingerprint density at radius 2 is 1.60 bits per heavy atom. The van der Waals surface area contributed by atoms with Crippen LogP contribution in [0.1, 0.15) is 0 Å². The van der Waals surface area contributed by atoms with Crippen LogP contribution in [-0.2, 0) is 19.5 Å². The van der Waals surface area contributed by atoms with Crippen LogP contribution in [0.3, 0.4) is 0 Å². The van der Waals surface area contributed by atoms with Crippen molar-refractivity contribution in [3.8, 4) is 5.40 Å². The average molecular weight is 142 g/mol. The minimum atomic E-state index is 0. The molecule has 0 rings (SSSR count). The van der Waals surface area contributed by atoms with Gasteiger partial charge in [-0.2, -0.15) is 5.26 Å². The van der Waals surface area contributed by atoms with E-state index in [9.17, 15) is 0 Å². The maximum Gasteiger partial charge on any atom is 0.130 e. The van der Waals surface area contributed by atoms with Crippen molar-refractivity contribution in [3.05, 3.63) is 0 Å². The molecule has 0 fully saturated rings. The molecule has 0 aromatic carbocycles. The van der Waals surface area contributed by atoms with Crippen LogP contribution in [0.25, 0.3) is 0 Å². The van der Waals surface area contributed by atoms with Crippen LogP contribution in [0.2, 0.25) is 0 Å². The fraction of sp³-hybridized carbons (Fsp3) is 0. The van der Waals surface area contributed by atoms with Gasteiger partial charge in [0.05, 0.1) is 0 Å². The molecule has 5 heavy (non-hydrogen) atoms. The summed E-state index contributed by atoms with van der Waals surface area (Å²) >= 11 is 3.09. The zero-order chi connectivity index (χ0) is 2.71. The molecule has 4 heteroatoms. The maximum atomic E-state index is 7.18. The minimum Gasteiger partial charge on any atom is -0.344 e. The molecule has 0 atom stereocenters. The monoisotopic (exact) mass is 140 g/mol. The van der Waals surface area contributed by atoms with Gasteiger partial charge in [0.1, 0.15) is 5.40 Å². The van der Waals surface area contributed by atoms with Crippen molar-refractivity contribution in [2.45, 2.75) is 0 Å². The van der Waals surface area contributed by atoms with Crippen LogP contribution >= 0.6 is 12.6 Å². The van der Waals surface area contributed by atoms with Crippen LogP contribution in [-0.4, -0.2) is 0 Å². The predicted molar refractivity (Wildman–Crippen MR) is 19.6 cm³/mol. The molecule has 26 valence electrons. The van der Waals surface area contributed by atoms with Crippen LogP contribution in [0.4, 0.5) is 0 Å². The molecule has 0 bridgehead atoms. The normalized spacial score (nSPS) is 1.60. The molecule has 0 aromatic rings. The smallest absolute Gasteiger partial charge is 0.130 e. The fourth-order valence-electron chi connectivity index (χ4n) is 0. The largest absolute Gasteiger partial charge is 0.344 e. The van der Waals surface area contributed by atoms with Crippen LogP contribution in [0.5, 0.6) is 0 Å². The van der Waals surface area contributed by atoms with E-state index in [1.54, 1.807) is 0 Å². The second kappa shape index (κ2) is 25.6. The van der Waals surface area contributed by atoms with Gasteiger partial charge in [0.15, 0.2) is 0 Å². The molecule has 0 radical (unpaired) electrons. The molecule has 0 saturated heterocycles. The number of rotatable bonds is 0. The van der Waals surface area contributed by atoms with E-state index < -0.39 is 0 Å². The Bertz CT molecular complexity index is 31.1. The van der Waals surface area contributed by atoms with Gasteiger partial charge in [-0.3, -0.25) is 0 Å². The summed E-state index contributed by atoms with van der Waals surface area (Å²) in [4.78, 5) is 0. The third kappa shape index (κ3) is 145. The summed E-state index contributed by atoms with van der Waals surface area (Å²) in [7, 11) is 0. The third-order valence-corrected chi connectivity index (χ3v) is 0. The number of hydrogen-bond donors (Lipinski definition) is 2. The first-order valence-electron chi connectivity index (χ1n) is 0.447. The van der Waals surface area contributed by atoms with E-state index in [4.69, 9.17) is 5.26 Å². The summed E-state index contributed by atoms with van der Waals surface area (Å²) in [6.45, 7) is 0. The summed E-state index contributed by atoms with van der Waals surface area (Å²) in [5, 5.41) is 8.63. The van der Waals surface area contributed by atoms with E-state index in [1.165, 1.54) is 5.40 Å². The molecule has 0 amide bonds. The molecule has 0 unspecified atom stereocenters. The predicted octanol–water partition coefficient (Wildman–Crippen LogP) is 0.557. The van der Waals surface area contributed by atoms with E-state index in [-0.39, 0.29) is 25.6 Å². The third-order valence-electron chi connectivity index (χ3n) is 0. The average Bonchev–Trinajstić information content (AvgIpc) is 0.918. The van der Waals surface area contributed by atoms with Crippen molar-refractivity contribution in [2.24, 2.45) is 0 Å². The Balaban J connectivity index is -0.0000000200. The first-order chi connectivity index (χ1) is 1.41. The van der Waals surface area contributed by atoms with Gasteiger partial charge in [0.2, 0.25) is 0 Å². The molecule has 0 spiro atoms. The van der Waals surface area contributed by atoms with Crippen molar-refractivity contribution in [2.75, 3.05) is 0 Å². The molecule has 0 saturated carbocycles. The van der Waals surface area contributed by atoms with Gasteiger partial charge in [-0.15, -0.1) is 0 Å². The van der Waals surface area contributed by atoms with Gasteiger partial charge in [-0.25, -0.2) is 0 Å². The second-order valence-electron chi connectivity index (χ2n) is 0.100. The summed E-state index contributed by atoms with van der Waals surface area (Å²) < 4.78 is 0. The Morgan fingerprint density at radius 1 is 1.60 bits per heavy atom. The van der Waals surface area contributed by atoms with E-state index in [2.05, 4.69) is 12.6 Å². The second-order valence-corrected chi connectivity index (χ2v) is 0.300. The summed E-state index contributed by atoms with van der Waals surface area (Å²) in [6.07, 6.45) is 0. The van der Waals surface area contributed by atoms with Crippen LogP contribution in [0, 0.1) is 10.7 Å². The molecule has 0 aromatic heterocycles. The Hall–Kier alpha value is 0.423. The molecule has 0 heterocycles. The van der Waals surface area contributed by atoms with Crippen molar-refractivity contribution < 1.29 is 19.5 Å². The minimum absolute atomic E-state index is 0. The van der Waals surface area contributed by atoms with Gasteiger partial charge in [0, 0.05) is 19.5 Å². The van der Waals surface area contributed by atoms with E-state index in [1.807, 2.05) is 0 Å². The van der Waals surface area contributed by atoms with E-state index in [0.29, 0.717) is 0 Å². The number of thiocyanates is 1. The standard InChI is InChI=1S/CHNS.H3N.Zn/c2-1-3;;/h3H;1H3;. The van der Waals surface area contributed by atoms with E-state index in [0.717, 1.165) is 0 Å². The Labute approximate surface area is 49.3 Å². The topological polar surface area (TPSA) is 58.8 Å². The van der Waals surface area contributed by atoms with E-state index >= 15 is 0 Å². The van der Waals surface area contributed by atoms with Crippen molar-refractivity contribution in [3.63, 3.8) is 0 Å². The van der Waals surface area contributed by atoms with Gasteiger partial charge >= 0.3 is 0 Å². The zero-order valence-electron chi connectivity index (χ0n) is 2.81. The Morgan fingerprint density at radius 3 is 1.60 bits per heavy atom. The SMILES string of the molecule is N.N#CS.[Zn]. The van der Waals surface area contributed by atoms with Crippen molar-refractivity contribution >= 4 is 12.6 Å². The number of nitrogens with zero attached hydrogens (tertiary/aromatic N) is 1. The summed E-state index contributed by atoms with van der Waals surface area (Å²) in [6, 6.07) is 0. The van der Waals surface area contributed by atoms with Crippen molar-refractivity contribution in [1.29, 1.82) is 5.26 Å². The molecule has 0 aliphatic heterocycles. The van der Waals surface area contributed by atoms with Crippen LogP contribution in [0.15, 0.2) is 0 Å². The van der Waals surface area contributed by atoms with Gasteiger partial charge in [-0.05, 0) is 0 Å². The maximum absolute atomic E-state index is 7.18. The first kappa shape index (κ1) is 18.1. The fourth-order valence-corrected chi connectivity index (χ4v) is 0. The van der Waals surface area contributed by atoms with Crippen molar-refractivity contribution in [1.82, 2.24) is 6.15 Å².